The molecule has 3 nitrogen and oxygen atoms in total. The van der Waals surface area contributed by atoms with Crippen molar-refractivity contribution in [1.82, 2.24) is 9.78 Å². The molecule has 80 valence electrons. The van der Waals surface area contributed by atoms with E-state index in [4.69, 9.17) is 5.11 Å². The minimum atomic E-state index is -0.0733. The summed E-state index contributed by atoms with van der Waals surface area (Å²) >= 11 is 0. The third-order valence-corrected chi connectivity index (χ3v) is 2.28. The van der Waals surface area contributed by atoms with Gasteiger partial charge in [0.25, 0.3) is 0 Å². The van der Waals surface area contributed by atoms with E-state index in [1.54, 1.807) is 0 Å². The van der Waals surface area contributed by atoms with Gasteiger partial charge >= 0.3 is 0 Å². The number of aromatic nitrogens is 2. The Kier molecular flexibility index (Phi) is 3.32. The molecule has 0 atom stereocenters. The quantitative estimate of drug-likeness (QED) is 0.800. The van der Waals surface area contributed by atoms with Crippen molar-refractivity contribution >= 4 is 0 Å². The van der Waals surface area contributed by atoms with Gasteiger partial charge in [0.15, 0.2) is 0 Å². The maximum absolute atomic E-state index is 9.14. The van der Waals surface area contributed by atoms with Gasteiger partial charge in [0, 0.05) is 18.8 Å². The molecule has 0 bridgehead atoms. The summed E-state index contributed by atoms with van der Waals surface area (Å²) in [5.41, 5.74) is 0.980. The minimum Gasteiger partial charge on any atom is -0.396 e. The van der Waals surface area contributed by atoms with Crippen molar-refractivity contribution in [2.75, 3.05) is 6.61 Å². The highest BCUT2D eigenvalue weighted by atomic mass is 16.3. The first kappa shape index (κ1) is 11.2. The molecule has 14 heavy (non-hydrogen) atoms. The molecular weight excluding hydrogens is 176 g/mol. The van der Waals surface area contributed by atoms with Gasteiger partial charge in [-0.15, -0.1) is 0 Å². The second-order valence-corrected chi connectivity index (χ2v) is 4.88. The molecule has 0 aliphatic heterocycles. The van der Waals surface area contributed by atoms with Gasteiger partial charge in [-0.1, -0.05) is 13.8 Å². The molecule has 3 heteroatoms. The van der Waals surface area contributed by atoms with Crippen molar-refractivity contribution in [2.24, 2.45) is 5.41 Å². The lowest BCUT2D eigenvalue weighted by Crippen LogP contribution is -2.20. The molecule has 0 aliphatic rings. The monoisotopic (exact) mass is 196 g/mol. The molecule has 0 fully saturated rings. The maximum Gasteiger partial charge on any atom is 0.0630 e. The normalized spacial score (nSPS) is 12.4. The van der Waals surface area contributed by atoms with Crippen LogP contribution in [0.5, 0.6) is 0 Å². The summed E-state index contributed by atoms with van der Waals surface area (Å²) in [6.07, 6.45) is 2.82. The summed E-state index contributed by atoms with van der Waals surface area (Å²) in [6.45, 7) is 8.49. The Morgan fingerprint density at radius 3 is 2.57 bits per heavy atom. The Morgan fingerprint density at radius 2 is 2.14 bits per heavy atom. The fourth-order valence-electron chi connectivity index (χ4n) is 1.31. The van der Waals surface area contributed by atoms with E-state index in [-0.39, 0.29) is 12.0 Å². The van der Waals surface area contributed by atoms with Gasteiger partial charge in [-0.25, -0.2) is 0 Å². The maximum atomic E-state index is 9.14. The average Bonchev–Trinajstić information content (AvgIpc) is 2.52. The van der Waals surface area contributed by atoms with Crippen LogP contribution in [0.1, 0.15) is 39.4 Å². The van der Waals surface area contributed by atoms with Gasteiger partial charge in [0.1, 0.15) is 0 Å². The van der Waals surface area contributed by atoms with Gasteiger partial charge in [-0.2, -0.15) is 5.10 Å². The highest BCUT2D eigenvalue weighted by Crippen LogP contribution is 2.20. The van der Waals surface area contributed by atoms with E-state index in [9.17, 15) is 0 Å². The van der Waals surface area contributed by atoms with Crippen LogP contribution >= 0.6 is 0 Å². The van der Waals surface area contributed by atoms with Crippen molar-refractivity contribution in [3.8, 4) is 0 Å². The van der Waals surface area contributed by atoms with Crippen molar-refractivity contribution < 1.29 is 5.11 Å². The predicted molar refractivity (Wildman–Crippen MR) is 57.2 cm³/mol. The topological polar surface area (TPSA) is 38.0 Å². The second-order valence-electron chi connectivity index (χ2n) is 4.88. The Hall–Kier alpha value is -0.830. The van der Waals surface area contributed by atoms with Crippen LogP contribution in [0.25, 0.3) is 0 Å². The van der Waals surface area contributed by atoms with Gasteiger partial charge in [-0.05, 0) is 31.7 Å². The number of hydrogen-bond donors (Lipinski definition) is 1. The molecule has 1 rings (SSSR count). The third-order valence-electron chi connectivity index (χ3n) is 2.28. The summed E-state index contributed by atoms with van der Waals surface area (Å²) < 4.78 is 1.95. The van der Waals surface area contributed by atoms with Gasteiger partial charge in [0.05, 0.1) is 5.69 Å². The smallest absolute Gasteiger partial charge is 0.0630 e. The first-order chi connectivity index (χ1) is 6.44. The Bertz CT molecular complexity index is 289. The molecule has 0 amide bonds. The number of aliphatic hydroxyl groups is 1. The van der Waals surface area contributed by atoms with Crippen LogP contribution in [0.4, 0.5) is 0 Å². The standard InChI is InChI=1S/C11H20N2O/c1-9(2)13-6-5-10(12-13)7-11(3,4)8-14/h5-6,9,14H,7-8H2,1-4H3. The van der Waals surface area contributed by atoms with Gasteiger partial charge in [-0.3, -0.25) is 4.68 Å². The highest BCUT2D eigenvalue weighted by molar-refractivity contribution is 5.02. The van der Waals surface area contributed by atoms with E-state index >= 15 is 0 Å². The number of nitrogens with zero attached hydrogens (tertiary/aromatic N) is 2. The molecule has 0 spiro atoms. The first-order valence-corrected chi connectivity index (χ1v) is 5.09. The first-order valence-electron chi connectivity index (χ1n) is 5.09. The SMILES string of the molecule is CC(C)n1ccc(CC(C)(C)CO)n1. The van der Waals surface area contributed by atoms with E-state index < -0.39 is 0 Å². The molecule has 0 aromatic carbocycles. The third kappa shape index (κ3) is 2.84. The van der Waals surface area contributed by atoms with E-state index in [1.165, 1.54) is 0 Å². The predicted octanol–water partition coefficient (Wildman–Crippen LogP) is 2.02. The summed E-state index contributed by atoms with van der Waals surface area (Å²) in [5, 5.41) is 13.6. The zero-order valence-electron chi connectivity index (χ0n) is 9.49. The lowest BCUT2D eigenvalue weighted by Gasteiger charge is -2.19. The number of rotatable bonds is 4. The Balaban J connectivity index is 2.69. The fourth-order valence-corrected chi connectivity index (χ4v) is 1.31. The second kappa shape index (κ2) is 4.13. The van der Waals surface area contributed by atoms with E-state index in [1.807, 2.05) is 30.8 Å². The summed E-state index contributed by atoms with van der Waals surface area (Å²) in [5.74, 6) is 0. The number of hydrogen-bond acceptors (Lipinski definition) is 2. The van der Waals surface area contributed by atoms with Crippen LogP contribution in [0.2, 0.25) is 0 Å². The fraction of sp³-hybridized carbons (Fsp3) is 0.727. The molecule has 0 aliphatic carbocycles. The van der Waals surface area contributed by atoms with Crippen molar-refractivity contribution in [3.63, 3.8) is 0 Å². The average molecular weight is 196 g/mol. The molecule has 1 aromatic heterocycles. The lowest BCUT2D eigenvalue weighted by molar-refractivity contribution is 0.158. The number of aliphatic hydroxyl groups excluding tert-OH is 1. The minimum absolute atomic E-state index is 0.0733. The van der Waals surface area contributed by atoms with E-state index in [0.717, 1.165) is 12.1 Å². The summed E-state index contributed by atoms with van der Waals surface area (Å²) in [7, 11) is 0. The molecular formula is C11H20N2O. The van der Waals surface area contributed by atoms with Crippen LogP contribution in [0.15, 0.2) is 12.3 Å². The van der Waals surface area contributed by atoms with Gasteiger partial charge in [0.2, 0.25) is 0 Å². The molecule has 1 heterocycles. The van der Waals surface area contributed by atoms with Crippen LogP contribution < -0.4 is 0 Å². The largest absolute Gasteiger partial charge is 0.396 e. The molecule has 0 unspecified atom stereocenters. The highest BCUT2D eigenvalue weighted by Gasteiger charge is 2.18. The van der Waals surface area contributed by atoms with Crippen molar-refractivity contribution in [3.05, 3.63) is 18.0 Å². The zero-order chi connectivity index (χ0) is 10.8. The zero-order valence-corrected chi connectivity index (χ0v) is 9.49. The van der Waals surface area contributed by atoms with Crippen molar-refractivity contribution in [1.29, 1.82) is 0 Å². The molecule has 1 N–H and O–H groups in total. The Morgan fingerprint density at radius 1 is 1.50 bits per heavy atom. The molecule has 0 saturated heterocycles. The molecule has 1 aromatic rings. The lowest BCUT2D eigenvalue weighted by atomic mass is 9.89. The Labute approximate surface area is 85.8 Å². The summed E-state index contributed by atoms with van der Waals surface area (Å²) in [4.78, 5) is 0. The molecule has 0 saturated carbocycles. The van der Waals surface area contributed by atoms with Gasteiger partial charge < -0.3 is 5.11 Å². The van der Waals surface area contributed by atoms with Crippen LogP contribution in [-0.4, -0.2) is 21.5 Å². The van der Waals surface area contributed by atoms with E-state index in [0.29, 0.717) is 6.04 Å². The summed E-state index contributed by atoms with van der Waals surface area (Å²) in [6, 6.07) is 2.43. The van der Waals surface area contributed by atoms with Crippen LogP contribution in [0.3, 0.4) is 0 Å². The van der Waals surface area contributed by atoms with Crippen LogP contribution in [-0.2, 0) is 6.42 Å². The van der Waals surface area contributed by atoms with Crippen molar-refractivity contribution in [2.45, 2.75) is 40.2 Å². The van der Waals surface area contributed by atoms with Crippen LogP contribution in [0, 0.1) is 5.41 Å². The van der Waals surface area contributed by atoms with E-state index in [2.05, 4.69) is 18.9 Å². The molecule has 0 radical (unpaired) electrons.